The van der Waals surface area contributed by atoms with E-state index >= 15 is 0 Å². The zero-order valence-electron chi connectivity index (χ0n) is 9.21. The summed E-state index contributed by atoms with van der Waals surface area (Å²) in [5.41, 5.74) is 0. The molecule has 0 aliphatic carbocycles. The number of carbonyl (C=O) groups excluding carboxylic acids is 1. The molecule has 4 heteroatoms. The highest BCUT2D eigenvalue weighted by Crippen LogP contribution is 2.17. The van der Waals surface area contributed by atoms with Crippen LogP contribution in [-0.4, -0.2) is 41.6 Å². The monoisotopic (exact) mass is 228 g/mol. The van der Waals surface area contributed by atoms with Crippen molar-refractivity contribution in [2.45, 2.75) is 38.1 Å². The second-order valence-electron chi connectivity index (χ2n) is 4.38. The number of carbonyl (C=O) groups is 1. The van der Waals surface area contributed by atoms with Crippen molar-refractivity contribution in [1.29, 1.82) is 0 Å². The van der Waals surface area contributed by atoms with Crippen molar-refractivity contribution in [3.05, 3.63) is 0 Å². The first kappa shape index (κ1) is 11.1. The van der Waals surface area contributed by atoms with Crippen molar-refractivity contribution in [2.75, 3.05) is 24.6 Å². The van der Waals surface area contributed by atoms with Gasteiger partial charge < -0.3 is 10.2 Å². The standard InChI is InChI=1S/C11H20N2OS/c14-11(13-6-2-1-3-7-13)12-10-4-8-15-9-5-10/h10H,1-9H2,(H,12,14). The fourth-order valence-corrected chi connectivity index (χ4v) is 3.31. The first-order valence-electron chi connectivity index (χ1n) is 5.99. The van der Waals surface area contributed by atoms with Gasteiger partial charge in [0, 0.05) is 19.1 Å². The van der Waals surface area contributed by atoms with Gasteiger partial charge in [-0.05, 0) is 43.6 Å². The van der Waals surface area contributed by atoms with E-state index in [-0.39, 0.29) is 6.03 Å². The maximum absolute atomic E-state index is 11.9. The molecule has 0 radical (unpaired) electrons. The van der Waals surface area contributed by atoms with E-state index in [1.807, 2.05) is 16.7 Å². The average molecular weight is 228 g/mol. The molecule has 2 aliphatic heterocycles. The molecule has 2 heterocycles. The Kier molecular flexibility index (Phi) is 4.18. The van der Waals surface area contributed by atoms with Crippen LogP contribution in [0.3, 0.4) is 0 Å². The van der Waals surface area contributed by atoms with Crippen molar-refractivity contribution in [1.82, 2.24) is 10.2 Å². The third-order valence-corrected chi connectivity index (χ3v) is 4.24. The van der Waals surface area contributed by atoms with Gasteiger partial charge in [0.05, 0.1) is 0 Å². The normalized spacial score (nSPS) is 23.9. The number of piperidine rings is 1. The van der Waals surface area contributed by atoms with E-state index in [0.29, 0.717) is 6.04 Å². The topological polar surface area (TPSA) is 32.3 Å². The molecule has 0 aromatic heterocycles. The molecule has 86 valence electrons. The van der Waals surface area contributed by atoms with E-state index in [1.165, 1.54) is 30.8 Å². The van der Waals surface area contributed by atoms with Gasteiger partial charge in [0.25, 0.3) is 0 Å². The number of thioether (sulfide) groups is 1. The number of hydrogen-bond acceptors (Lipinski definition) is 2. The number of nitrogens with zero attached hydrogens (tertiary/aromatic N) is 1. The SMILES string of the molecule is O=C(NC1CCSCC1)N1CCCCC1. The zero-order valence-corrected chi connectivity index (χ0v) is 10.0. The molecule has 0 aromatic rings. The molecule has 2 rings (SSSR count). The molecule has 1 N–H and O–H groups in total. The largest absolute Gasteiger partial charge is 0.335 e. The fraction of sp³-hybridized carbons (Fsp3) is 0.909. The number of hydrogen-bond donors (Lipinski definition) is 1. The molecular weight excluding hydrogens is 208 g/mol. The van der Waals surface area contributed by atoms with Crippen LogP contribution in [0.15, 0.2) is 0 Å². The molecule has 2 saturated heterocycles. The molecule has 0 atom stereocenters. The van der Waals surface area contributed by atoms with Crippen molar-refractivity contribution in [3.63, 3.8) is 0 Å². The van der Waals surface area contributed by atoms with Crippen LogP contribution in [0, 0.1) is 0 Å². The minimum atomic E-state index is 0.173. The van der Waals surface area contributed by atoms with Gasteiger partial charge in [0.1, 0.15) is 0 Å². The van der Waals surface area contributed by atoms with E-state index < -0.39 is 0 Å². The summed E-state index contributed by atoms with van der Waals surface area (Å²) in [5.74, 6) is 2.40. The highest BCUT2D eigenvalue weighted by molar-refractivity contribution is 7.99. The van der Waals surface area contributed by atoms with Crippen LogP contribution < -0.4 is 5.32 Å². The average Bonchev–Trinajstić information content (AvgIpc) is 2.31. The summed E-state index contributed by atoms with van der Waals surface area (Å²) < 4.78 is 0. The first-order valence-corrected chi connectivity index (χ1v) is 7.15. The van der Waals surface area contributed by atoms with Crippen LogP contribution in [0.4, 0.5) is 4.79 Å². The minimum absolute atomic E-state index is 0.173. The molecule has 0 spiro atoms. The van der Waals surface area contributed by atoms with Gasteiger partial charge in [-0.1, -0.05) is 0 Å². The lowest BCUT2D eigenvalue weighted by Crippen LogP contribution is -2.47. The van der Waals surface area contributed by atoms with E-state index in [4.69, 9.17) is 0 Å². The summed E-state index contributed by atoms with van der Waals surface area (Å²) in [7, 11) is 0. The zero-order chi connectivity index (χ0) is 10.5. The lowest BCUT2D eigenvalue weighted by Gasteiger charge is -2.30. The predicted molar refractivity (Wildman–Crippen MR) is 64.3 cm³/mol. The van der Waals surface area contributed by atoms with Crippen LogP contribution in [0.2, 0.25) is 0 Å². The lowest BCUT2D eigenvalue weighted by atomic mass is 10.1. The smallest absolute Gasteiger partial charge is 0.317 e. The van der Waals surface area contributed by atoms with E-state index in [1.54, 1.807) is 0 Å². The number of amides is 2. The van der Waals surface area contributed by atoms with Gasteiger partial charge in [-0.3, -0.25) is 0 Å². The maximum atomic E-state index is 11.9. The molecular formula is C11H20N2OS. The van der Waals surface area contributed by atoms with Crippen molar-refractivity contribution >= 4 is 17.8 Å². The van der Waals surface area contributed by atoms with Crippen LogP contribution in [0.25, 0.3) is 0 Å². The molecule has 15 heavy (non-hydrogen) atoms. The highest BCUT2D eigenvalue weighted by atomic mass is 32.2. The number of likely N-dealkylation sites (tertiary alicyclic amines) is 1. The Morgan fingerprint density at radius 3 is 2.47 bits per heavy atom. The molecule has 0 aromatic carbocycles. The van der Waals surface area contributed by atoms with Gasteiger partial charge in [0.15, 0.2) is 0 Å². The molecule has 2 fully saturated rings. The Bertz CT molecular complexity index is 211. The Labute approximate surface area is 96.0 Å². The van der Waals surface area contributed by atoms with Crippen molar-refractivity contribution in [2.24, 2.45) is 0 Å². The van der Waals surface area contributed by atoms with Crippen LogP contribution in [0.1, 0.15) is 32.1 Å². The Morgan fingerprint density at radius 2 is 1.80 bits per heavy atom. The van der Waals surface area contributed by atoms with E-state index in [2.05, 4.69) is 5.32 Å². The molecule has 3 nitrogen and oxygen atoms in total. The van der Waals surface area contributed by atoms with E-state index in [0.717, 1.165) is 25.9 Å². The first-order chi connectivity index (χ1) is 7.36. The summed E-state index contributed by atoms with van der Waals surface area (Å²) in [6.45, 7) is 1.90. The third-order valence-electron chi connectivity index (χ3n) is 3.19. The van der Waals surface area contributed by atoms with E-state index in [9.17, 15) is 4.79 Å². The Morgan fingerprint density at radius 1 is 1.13 bits per heavy atom. The fourth-order valence-electron chi connectivity index (χ4n) is 2.20. The quantitative estimate of drug-likeness (QED) is 0.745. The summed E-state index contributed by atoms with van der Waals surface area (Å²) in [6.07, 6.45) is 5.92. The van der Waals surface area contributed by atoms with Gasteiger partial charge in [-0.25, -0.2) is 4.79 Å². The Balaban J connectivity index is 1.74. The lowest BCUT2D eigenvalue weighted by molar-refractivity contribution is 0.182. The molecule has 2 aliphatic rings. The minimum Gasteiger partial charge on any atom is -0.335 e. The molecule has 0 saturated carbocycles. The molecule has 2 amide bonds. The van der Waals surface area contributed by atoms with Gasteiger partial charge >= 0.3 is 6.03 Å². The van der Waals surface area contributed by atoms with Crippen molar-refractivity contribution < 1.29 is 4.79 Å². The van der Waals surface area contributed by atoms with Gasteiger partial charge in [-0.15, -0.1) is 0 Å². The maximum Gasteiger partial charge on any atom is 0.317 e. The Hall–Kier alpha value is -0.380. The highest BCUT2D eigenvalue weighted by Gasteiger charge is 2.20. The summed E-state index contributed by atoms with van der Waals surface area (Å²) in [5, 5.41) is 3.16. The van der Waals surface area contributed by atoms with Gasteiger partial charge in [0.2, 0.25) is 0 Å². The summed E-state index contributed by atoms with van der Waals surface area (Å²) >= 11 is 2.00. The van der Waals surface area contributed by atoms with Crippen LogP contribution >= 0.6 is 11.8 Å². The van der Waals surface area contributed by atoms with Crippen LogP contribution in [0.5, 0.6) is 0 Å². The summed E-state index contributed by atoms with van der Waals surface area (Å²) in [4.78, 5) is 13.9. The summed E-state index contributed by atoms with van der Waals surface area (Å²) in [6, 6.07) is 0.604. The number of nitrogens with one attached hydrogen (secondary N) is 1. The van der Waals surface area contributed by atoms with Crippen LogP contribution in [-0.2, 0) is 0 Å². The van der Waals surface area contributed by atoms with Gasteiger partial charge in [-0.2, -0.15) is 11.8 Å². The second kappa shape index (κ2) is 5.64. The number of rotatable bonds is 1. The number of urea groups is 1. The second-order valence-corrected chi connectivity index (χ2v) is 5.61. The predicted octanol–water partition coefficient (Wildman–Crippen LogP) is 2.08. The van der Waals surface area contributed by atoms with Crippen molar-refractivity contribution in [3.8, 4) is 0 Å². The molecule has 0 unspecified atom stereocenters. The third kappa shape index (κ3) is 3.30. The molecule has 0 bridgehead atoms.